The lowest BCUT2D eigenvalue weighted by atomic mass is 10.1. The number of nitrogens with zero attached hydrogens (tertiary/aromatic N) is 5. The second-order valence-corrected chi connectivity index (χ2v) is 11.2. The molecule has 0 spiro atoms. The molecule has 0 atom stereocenters. The molecule has 1 saturated heterocycles. The van der Waals surface area contributed by atoms with E-state index in [9.17, 15) is 8.42 Å². The van der Waals surface area contributed by atoms with E-state index < -0.39 is 10.0 Å². The molecule has 1 aliphatic heterocycles. The van der Waals surface area contributed by atoms with Gasteiger partial charge >= 0.3 is 0 Å². The molecule has 2 aromatic carbocycles. The van der Waals surface area contributed by atoms with Gasteiger partial charge in [0.1, 0.15) is 11.5 Å². The summed E-state index contributed by atoms with van der Waals surface area (Å²) in [7, 11) is 5.30. The molecule has 3 aromatic rings. The van der Waals surface area contributed by atoms with Crippen molar-refractivity contribution < 1.29 is 17.9 Å². The Balaban J connectivity index is 1.59. The van der Waals surface area contributed by atoms with Gasteiger partial charge in [0, 0.05) is 51.9 Å². The monoisotopic (exact) mass is 513 g/mol. The fourth-order valence-electron chi connectivity index (χ4n) is 4.31. The average molecular weight is 514 g/mol. The van der Waals surface area contributed by atoms with Crippen molar-refractivity contribution in [2.24, 2.45) is 7.05 Å². The molecule has 1 aliphatic rings. The van der Waals surface area contributed by atoms with Crippen molar-refractivity contribution in [2.45, 2.75) is 30.7 Å². The zero-order valence-corrected chi connectivity index (χ0v) is 22.4. The molecule has 1 fully saturated rings. The number of ether oxygens (including phenoxy) is 2. The van der Waals surface area contributed by atoms with Crippen LogP contribution in [0.5, 0.6) is 11.5 Å². The fourth-order valence-corrected chi connectivity index (χ4v) is 5.72. The average Bonchev–Trinajstić information content (AvgIpc) is 3.23. The summed E-state index contributed by atoms with van der Waals surface area (Å²) in [5.74, 6) is 1.44. The van der Waals surface area contributed by atoms with Gasteiger partial charge in [-0.1, -0.05) is 24.3 Å². The van der Waals surface area contributed by atoms with E-state index in [1.165, 1.54) is 4.31 Å². The van der Waals surface area contributed by atoms with Gasteiger partial charge in [0.05, 0.1) is 19.9 Å². The number of benzene rings is 2. The third kappa shape index (κ3) is 5.89. The molecule has 0 bridgehead atoms. The van der Waals surface area contributed by atoms with Crippen LogP contribution in [0.4, 0.5) is 0 Å². The summed E-state index contributed by atoms with van der Waals surface area (Å²) in [4.78, 5) is 4.51. The fraction of sp³-hybridized carbons (Fsp3) is 0.423. The maximum atomic E-state index is 13.9. The Hall–Kier alpha value is -2.92. The third-order valence-corrected chi connectivity index (χ3v) is 8.34. The highest BCUT2D eigenvalue weighted by Crippen LogP contribution is 2.24. The van der Waals surface area contributed by atoms with Gasteiger partial charge in [-0.3, -0.25) is 9.58 Å². The number of hydrogen-bond acceptors (Lipinski definition) is 7. The highest BCUT2D eigenvalue weighted by Gasteiger charge is 2.31. The zero-order chi connectivity index (χ0) is 25.9. The van der Waals surface area contributed by atoms with Gasteiger partial charge in [-0.05, 0) is 49.5 Å². The molecule has 4 rings (SSSR count). The van der Waals surface area contributed by atoms with Crippen molar-refractivity contribution in [1.29, 1.82) is 0 Å². The van der Waals surface area contributed by atoms with Crippen molar-refractivity contribution in [1.82, 2.24) is 23.9 Å². The predicted molar refractivity (Wildman–Crippen MR) is 138 cm³/mol. The lowest BCUT2D eigenvalue weighted by molar-refractivity contribution is 0.0644. The topological polar surface area (TPSA) is 80.1 Å². The molecule has 2 heterocycles. The van der Waals surface area contributed by atoms with Crippen LogP contribution in [0.2, 0.25) is 0 Å². The summed E-state index contributed by atoms with van der Waals surface area (Å²) >= 11 is 0. The van der Waals surface area contributed by atoms with Gasteiger partial charge in [0.25, 0.3) is 10.0 Å². The maximum absolute atomic E-state index is 13.9. The van der Waals surface area contributed by atoms with E-state index in [-0.39, 0.29) is 18.1 Å². The Morgan fingerprint density at radius 1 is 0.889 bits per heavy atom. The van der Waals surface area contributed by atoms with Crippen molar-refractivity contribution in [3.8, 4) is 11.5 Å². The van der Waals surface area contributed by atoms with E-state index >= 15 is 0 Å². The van der Waals surface area contributed by atoms with E-state index in [1.807, 2.05) is 48.5 Å². The van der Waals surface area contributed by atoms with Crippen LogP contribution in [0.3, 0.4) is 0 Å². The molecule has 0 radical (unpaired) electrons. The van der Waals surface area contributed by atoms with Crippen molar-refractivity contribution in [3.05, 3.63) is 71.4 Å². The third-order valence-electron chi connectivity index (χ3n) is 6.67. The van der Waals surface area contributed by atoms with Gasteiger partial charge in [0.15, 0.2) is 5.03 Å². The molecular formula is C26H35N5O4S. The Kier molecular flexibility index (Phi) is 7.99. The number of aromatic nitrogens is 2. The van der Waals surface area contributed by atoms with Gasteiger partial charge in [-0.15, -0.1) is 0 Å². The zero-order valence-electron chi connectivity index (χ0n) is 21.6. The Bertz CT molecular complexity index is 1200. The lowest BCUT2D eigenvalue weighted by Crippen LogP contribution is -2.56. The summed E-state index contributed by atoms with van der Waals surface area (Å²) in [6.07, 6.45) is 0. The van der Waals surface area contributed by atoms with Gasteiger partial charge in [0.2, 0.25) is 0 Å². The maximum Gasteiger partial charge on any atom is 0.262 e. The molecule has 0 saturated carbocycles. The van der Waals surface area contributed by atoms with Crippen molar-refractivity contribution >= 4 is 10.0 Å². The normalized spacial score (nSPS) is 14.9. The quantitative estimate of drug-likeness (QED) is 0.390. The Morgan fingerprint density at radius 2 is 1.39 bits per heavy atom. The van der Waals surface area contributed by atoms with Crippen LogP contribution in [0.15, 0.2) is 59.6 Å². The summed E-state index contributed by atoms with van der Waals surface area (Å²) in [6.45, 7) is 3.07. The van der Waals surface area contributed by atoms with Crippen LogP contribution in [0.25, 0.3) is 0 Å². The standard InChI is InChI=1S/C26H35N5O4S/c1-28-17-23(18-28)29(2)19-22-14-26(27-30(22)3)36(32,33)31(15-20-6-10-24(34-4)11-7-20)16-21-8-12-25(35-5)13-9-21/h6-14,23H,15-19H2,1-5H3. The first kappa shape index (κ1) is 26.2. The molecular weight excluding hydrogens is 478 g/mol. The SMILES string of the molecule is COc1ccc(CN(Cc2ccc(OC)cc2)S(=O)(=O)c2cc(CN(C)C3CN(C)C3)n(C)n2)cc1. The number of methoxy groups -OCH3 is 2. The molecule has 0 unspecified atom stereocenters. The lowest BCUT2D eigenvalue weighted by Gasteiger charge is -2.41. The molecule has 0 N–H and O–H groups in total. The number of rotatable bonds is 11. The second kappa shape index (κ2) is 11.0. The summed E-state index contributed by atoms with van der Waals surface area (Å²) in [5.41, 5.74) is 2.58. The number of likely N-dealkylation sites (N-methyl/N-ethyl adjacent to an activating group) is 2. The molecule has 0 aliphatic carbocycles. The van der Waals surface area contributed by atoms with Crippen LogP contribution in [0.1, 0.15) is 16.8 Å². The van der Waals surface area contributed by atoms with Crippen LogP contribution in [0, 0.1) is 0 Å². The summed E-state index contributed by atoms with van der Waals surface area (Å²) < 4.78 is 41.4. The molecule has 36 heavy (non-hydrogen) atoms. The predicted octanol–water partition coefficient (Wildman–Crippen LogP) is 2.57. The number of likely N-dealkylation sites (tertiary alicyclic amines) is 1. The smallest absolute Gasteiger partial charge is 0.262 e. The van der Waals surface area contributed by atoms with Crippen molar-refractivity contribution in [2.75, 3.05) is 41.4 Å². The molecule has 10 heteroatoms. The van der Waals surface area contributed by atoms with Crippen LogP contribution < -0.4 is 9.47 Å². The molecule has 194 valence electrons. The number of hydrogen-bond donors (Lipinski definition) is 0. The summed E-state index contributed by atoms with van der Waals surface area (Å²) in [5, 5.41) is 4.48. The first-order valence-electron chi connectivity index (χ1n) is 11.9. The summed E-state index contributed by atoms with van der Waals surface area (Å²) in [6, 6.07) is 17.0. The van der Waals surface area contributed by atoms with E-state index in [4.69, 9.17) is 9.47 Å². The Labute approximate surface area is 213 Å². The number of sulfonamides is 1. The molecule has 1 aromatic heterocycles. The van der Waals surface area contributed by atoms with E-state index in [2.05, 4.69) is 29.0 Å². The first-order valence-corrected chi connectivity index (χ1v) is 13.3. The minimum absolute atomic E-state index is 0.0566. The highest BCUT2D eigenvalue weighted by molar-refractivity contribution is 7.89. The first-order chi connectivity index (χ1) is 17.2. The van der Waals surface area contributed by atoms with Gasteiger partial charge < -0.3 is 14.4 Å². The molecule has 0 amide bonds. The second-order valence-electron chi connectivity index (χ2n) is 9.36. The van der Waals surface area contributed by atoms with Crippen LogP contribution >= 0.6 is 0 Å². The number of aryl methyl sites for hydroxylation is 1. The minimum atomic E-state index is -3.87. The molecule has 9 nitrogen and oxygen atoms in total. The van der Waals surface area contributed by atoms with Crippen molar-refractivity contribution in [3.63, 3.8) is 0 Å². The van der Waals surface area contributed by atoms with Crippen LogP contribution in [-0.4, -0.2) is 79.7 Å². The van der Waals surface area contributed by atoms with Gasteiger partial charge in [-0.2, -0.15) is 9.40 Å². The van der Waals surface area contributed by atoms with E-state index in [0.717, 1.165) is 41.4 Å². The minimum Gasteiger partial charge on any atom is -0.497 e. The van der Waals surface area contributed by atoms with Crippen LogP contribution in [-0.2, 0) is 36.7 Å². The Morgan fingerprint density at radius 3 is 1.83 bits per heavy atom. The van der Waals surface area contributed by atoms with E-state index in [1.54, 1.807) is 32.0 Å². The van der Waals surface area contributed by atoms with Gasteiger partial charge in [-0.25, -0.2) is 8.42 Å². The van der Waals surface area contributed by atoms with E-state index in [0.29, 0.717) is 12.6 Å². The highest BCUT2D eigenvalue weighted by atomic mass is 32.2. The largest absolute Gasteiger partial charge is 0.497 e.